The van der Waals surface area contributed by atoms with Crippen LogP contribution in [0.2, 0.25) is 0 Å². The van der Waals surface area contributed by atoms with Gasteiger partial charge in [0, 0.05) is 24.9 Å². The molecule has 0 bridgehead atoms. The number of hydrogen-bond acceptors (Lipinski definition) is 3. The van der Waals surface area contributed by atoms with Crippen LogP contribution >= 0.6 is 11.8 Å². The zero-order valence-corrected chi connectivity index (χ0v) is 13.7. The maximum atomic E-state index is 4.85. The van der Waals surface area contributed by atoms with Gasteiger partial charge in [0.15, 0.2) is 5.17 Å². The van der Waals surface area contributed by atoms with E-state index in [1.165, 1.54) is 43.3 Å². The summed E-state index contributed by atoms with van der Waals surface area (Å²) in [5.74, 6) is 1.96. The van der Waals surface area contributed by atoms with Crippen molar-refractivity contribution in [2.75, 3.05) is 32.4 Å². The highest BCUT2D eigenvalue weighted by atomic mass is 32.2. The van der Waals surface area contributed by atoms with E-state index in [9.17, 15) is 0 Å². The second-order valence-corrected chi connectivity index (χ2v) is 8.20. The molecule has 1 N–H and O–H groups in total. The van der Waals surface area contributed by atoms with Crippen LogP contribution in [-0.4, -0.2) is 48.5 Å². The predicted octanol–water partition coefficient (Wildman–Crippen LogP) is 2.83. The molecular weight excluding hydrogens is 254 g/mol. The van der Waals surface area contributed by atoms with E-state index in [1.54, 1.807) is 0 Å². The Hall–Kier alpha value is -0.220. The molecule has 3 nitrogen and oxygen atoms in total. The lowest BCUT2D eigenvalue weighted by Crippen LogP contribution is -2.46. The summed E-state index contributed by atoms with van der Waals surface area (Å²) in [4.78, 5) is 7.29. The van der Waals surface area contributed by atoms with E-state index in [-0.39, 0.29) is 0 Å². The number of thioether (sulfide) groups is 1. The average Bonchev–Trinajstić information content (AvgIpc) is 2.36. The topological polar surface area (TPSA) is 27.6 Å². The standard InChI is InChI=1S/C15H29N3S/c1-15(2,3)13-7-9-19-14(17-13)16-10-12-6-5-8-18(4)11-12/h12-13H,5-11H2,1-4H3,(H,16,17). The molecule has 0 aliphatic carbocycles. The van der Waals surface area contributed by atoms with Crippen molar-refractivity contribution < 1.29 is 0 Å². The third-order valence-corrected chi connectivity index (χ3v) is 5.16. The minimum absolute atomic E-state index is 0.326. The lowest BCUT2D eigenvalue weighted by Gasteiger charge is -2.36. The molecule has 0 aromatic rings. The zero-order chi connectivity index (χ0) is 13.9. The summed E-state index contributed by atoms with van der Waals surface area (Å²) in [6.45, 7) is 10.4. The van der Waals surface area contributed by atoms with E-state index in [0.717, 1.165) is 12.5 Å². The molecular formula is C15H29N3S. The summed E-state index contributed by atoms with van der Waals surface area (Å²) in [5.41, 5.74) is 0.326. The fourth-order valence-electron chi connectivity index (χ4n) is 2.91. The molecule has 0 aromatic heterocycles. The van der Waals surface area contributed by atoms with Gasteiger partial charge in [-0.05, 0) is 44.2 Å². The average molecular weight is 283 g/mol. The van der Waals surface area contributed by atoms with Crippen LogP contribution in [0.4, 0.5) is 0 Å². The van der Waals surface area contributed by atoms with Gasteiger partial charge in [-0.15, -0.1) is 0 Å². The molecule has 0 saturated carbocycles. The molecule has 0 aromatic carbocycles. The minimum Gasteiger partial charge on any atom is -0.362 e. The Labute approximate surface area is 122 Å². The van der Waals surface area contributed by atoms with Gasteiger partial charge in [-0.1, -0.05) is 32.5 Å². The van der Waals surface area contributed by atoms with Crippen molar-refractivity contribution in [2.24, 2.45) is 16.3 Å². The summed E-state index contributed by atoms with van der Waals surface area (Å²) in [6, 6.07) is 0.571. The first-order valence-electron chi connectivity index (χ1n) is 7.57. The van der Waals surface area contributed by atoms with Crippen LogP contribution in [0.3, 0.4) is 0 Å². The van der Waals surface area contributed by atoms with Gasteiger partial charge >= 0.3 is 0 Å². The minimum atomic E-state index is 0.326. The van der Waals surface area contributed by atoms with Crippen LogP contribution in [-0.2, 0) is 0 Å². The SMILES string of the molecule is CN1CCCC(CN=C2NC(C(C)(C)C)CCS2)C1. The number of likely N-dealkylation sites (tertiary alicyclic amines) is 1. The maximum absolute atomic E-state index is 4.85. The van der Waals surface area contributed by atoms with E-state index in [0.29, 0.717) is 11.5 Å². The fraction of sp³-hybridized carbons (Fsp3) is 0.933. The molecule has 2 rings (SSSR count). The molecule has 2 heterocycles. The van der Waals surface area contributed by atoms with Gasteiger partial charge in [0.2, 0.25) is 0 Å². The van der Waals surface area contributed by atoms with Crippen molar-refractivity contribution in [1.29, 1.82) is 0 Å². The van der Waals surface area contributed by atoms with Gasteiger partial charge in [-0.2, -0.15) is 0 Å². The van der Waals surface area contributed by atoms with E-state index >= 15 is 0 Å². The van der Waals surface area contributed by atoms with Crippen molar-refractivity contribution in [3.8, 4) is 0 Å². The van der Waals surface area contributed by atoms with Crippen LogP contribution in [0.5, 0.6) is 0 Å². The van der Waals surface area contributed by atoms with Crippen molar-refractivity contribution in [3.05, 3.63) is 0 Å². The van der Waals surface area contributed by atoms with Crippen molar-refractivity contribution in [1.82, 2.24) is 10.2 Å². The van der Waals surface area contributed by atoms with Gasteiger partial charge in [0.25, 0.3) is 0 Å². The molecule has 4 heteroatoms. The third-order valence-electron chi connectivity index (χ3n) is 4.20. The Morgan fingerprint density at radius 1 is 1.37 bits per heavy atom. The highest BCUT2D eigenvalue weighted by molar-refractivity contribution is 8.13. The molecule has 2 saturated heterocycles. The highest BCUT2D eigenvalue weighted by Crippen LogP contribution is 2.27. The van der Waals surface area contributed by atoms with Crippen LogP contribution in [0.1, 0.15) is 40.0 Å². The Bertz CT molecular complexity index is 322. The van der Waals surface area contributed by atoms with E-state index < -0.39 is 0 Å². The number of piperidine rings is 1. The number of hydrogen-bond donors (Lipinski definition) is 1. The van der Waals surface area contributed by atoms with Crippen LogP contribution in [0.15, 0.2) is 4.99 Å². The molecule has 2 aliphatic heterocycles. The first-order chi connectivity index (χ1) is 8.95. The Kier molecular flexibility index (Phi) is 5.18. The molecule has 110 valence electrons. The molecule has 2 unspecified atom stereocenters. The summed E-state index contributed by atoms with van der Waals surface area (Å²) in [7, 11) is 2.22. The molecule has 19 heavy (non-hydrogen) atoms. The number of rotatable bonds is 2. The molecule has 0 radical (unpaired) electrons. The smallest absolute Gasteiger partial charge is 0.156 e. The number of amidine groups is 1. The predicted molar refractivity (Wildman–Crippen MR) is 86.0 cm³/mol. The summed E-state index contributed by atoms with van der Waals surface area (Å²) < 4.78 is 0. The van der Waals surface area contributed by atoms with E-state index in [4.69, 9.17) is 4.99 Å². The van der Waals surface area contributed by atoms with Gasteiger partial charge in [0.1, 0.15) is 0 Å². The fourth-order valence-corrected chi connectivity index (χ4v) is 3.85. The van der Waals surface area contributed by atoms with Crippen molar-refractivity contribution in [3.63, 3.8) is 0 Å². The number of nitrogens with one attached hydrogen (secondary N) is 1. The molecule has 2 atom stereocenters. The first kappa shape index (κ1) is 15.2. The summed E-state index contributed by atoms with van der Waals surface area (Å²) in [5, 5.41) is 4.82. The Morgan fingerprint density at radius 2 is 2.16 bits per heavy atom. The summed E-state index contributed by atoms with van der Waals surface area (Å²) in [6.07, 6.45) is 3.92. The second-order valence-electron chi connectivity index (χ2n) is 7.12. The van der Waals surface area contributed by atoms with E-state index in [1.807, 2.05) is 11.8 Å². The summed E-state index contributed by atoms with van der Waals surface area (Å²) >= 11 is 1.90. The van der Waals surface area contributed by atoms with Gasteiger partial charge in [0.05, 0.1) is 0 Å². The highest BCUT2D eigenvalue weighted by Gasteiger charge is 2.28. The third kappa shape index (κ3) is 4.67. The van der Waals surface area contributed by atoms with Crippen LogP contribution in [0, 0.1) is 11.3 Å². The number of nitrogens with zero attached hydrogens (tertiary/aromatic N) is 2. The van der Waals surface area contributed by atoms with Crippen molar-refractivity contribution >= 4 is 16.9 Å². The van der Waals surface area contributed by atoms with E-state index in [2.05, 4.69) is 38.0 Å². The van der Waals surface area contributed by atoms with Crippen molar-refractivity contribution in [2.45, 2.75) is 46.1 Å². The molecule has 2 fully saturated rings. The first-order valence-corrected chi connectivity index (χ1v) is 8.56. The molecule has 0 spiro atoms. The monoisotopic (exact) mass is 283 g/mol. The maximum Gasteiger partial charge on any atom is 0.156 e. The largest absolute Gasteiger partial charge is 0.362 e. The molecule has 0 amide bonds. The number of aliphatic imine (C=N–C) groups is 1. The van der Waals surface area contributed by atoms with Crippen LogP contribution < -0.4 is 5.32 Å². The van der Waals surface area contributed by atoms with Gasteiger partial charge < -0.3 is 10.2 Å². The normalized spacial score (nSPS) is 32.3. The Morgan fingerprint density at radius 3 is 2.84 bits per heavy atom. The second kappa shape index (κ2) is 6.49. The van der Waals surface area contributed by atoms with Gasteiger partial charge in [-0.25, -0.2) is 0 Å². The van der Waals surface area contributed by atoms with Crippen LogP contribution in [0.25, 0.3) is 0 Å². The van der Waals surface area contributed by atoms with Gasteiger partial charge in [-0.3, -0.25) is 4.99 Å². The molecule has 2 aliphatic rings. The quantitative estimate of drug-likeness (QED) is 0.844. The lowest BCUT2D eigenvalue weighted by molar-refractivity contribution is 0.214. The zero-order valence-electron chi connectivity index (χ0n) is 12.9. The Balaban J connectivity index is 1.85. The lowest BCUT2D eigenvalue weighted by atomic mass is 9.85.